The highest BCUT2D eigenvalue weighted by molar-refractivity contribution is 7.89. The Balaban J connectivity index is 1.36. The lowest BCUT2D eigenvalue weighted by Gasteiger charge is -2.34. The molecule has 0 spiro atoms. The zero-order chi connectivity index (χ0) is 23.4. The van der Waals surface area contributed by atoms with Crippen molar-refractivity contribution in [2.24, 2.45) is 0 Å². The predicted molar refractivity (Wildman–Crippen MR) is 124 cm³/mol. The molecule has 2 heterocycles. The molecule has 9 heteroatoms. The number of sulfonamides is 1. The molecule has 1 saturated heterocycles. The van der Waals surface area contributed by atoms with Crippen molar-refractivity contribution in [1.29, 1.82) is 0 Å². The van der Waals surface area contributed by atoms with Gasteiger partial charge in [-0.2, -0.15) is 9.29 Å². The number of piperazine rings is 1. The molecular weight excluding hydrogens is 440 g/mol. The second-order valence-corrected chi connectivity index (χ2v) is 10.1. The Kier molecular flexibility index (Phi) is 6.90. The van der Waals surface area contributed by atoms with E-state index in [4.69, 9.17) is 4.52 Å². The first kappa shape index (κ1) is 23.1. The van der Waals surface area contributed by atoms with Crippen LogP contribution in [0.25, 0.3) is 11.4 Å². The van der Waals surface area contributed by atoms with E-state index >= 15 is 0 Å². The third kappa shape index (κ3) is 5.31. The molecule has 33 heavy (non-hydrogen) atoms. The highest BCUT2D eigenvalue weighted by Crippen LogP contribution is 2.21. The van der Waals surface area contributed by atoms with Crippen LogP contribution in [0.1, 0.15) is 30.4 Å². The van der Waals surface area contributed by atoms with Crippen molar-refractivity contribution in [3.63, 3.8) is 0 Å². The Labute approximate surface area is 194 Å². The smallest absolute Gasteiger partial charge is 0.243 e. The molecular formula is C24H28N4O4S. The van der Waals surface area contributed by atoms with Gasteiger partial charge in [0.1, 0.15) is 0 Å². The number of hydrogen-bond donors (Lipinski definition) is 0. The van der Waals surface area contributed by atoms with Crippen molar-refractivity contribution in [2.45, 2.75) is 38.0 Å². The van der Waals surface area contributed by atoms with Gasteiger partial charge in [-0.05, 0) is 35.7 Å². The first-order valence-corrected chi connectivity index (χ1v) is 12.6. The van der Waals surface area contributed by atoms with Crippen LogP contribution in [0.2, 0.25) is 0 Å². The lowest BCUT2D eigenvalue weighted by Crippen LogP contribution is -2.50. The van der Waals surface area contributed by atoms with E-state index < -0.39 is 10.0 Å². The summed E-state index contributed by atoms with van der Waals surface area (Å²) in [7, 11) is -3.56. The van der Waals surface area contributed by atoms with Gasteiger partial charge in [-0.3, -0.25) is 4.79 Å². The second kappa shape index (κ2) is 9.84. The summed E-state index contributed by atoms with van der Waals surface area (Å²) in [5, 5.41) is 3.92. The van der Waals surface area contributed by atoms with E-state index in [2.05, 4.69) is 17.1 Å². The maximum atomic E-state index is 13.0. The Bertz CT molecular complexity index is 1210. The molecule has 1 aliphatic heterocycles. The summed E-state index contributed by atoms with van der Waals surface area (Å²) in [6.45, 7) is 5.13. The molecule has 8 nitrogen and oxygen atoms in total. The largest absolute Gasteiger partial charge is 0.340 e. The van der Waals surface area contributed by atoms with Gasteiger partial charge in [0.2, 0.25) is 27.6 Å². The summed E-state index contributed by atoms with van der Waals surface area (Å²) in [4.78, 5) is 19.1. The Hall–Kier alpha value is -3.04. The zero-order valence-electron chi connectivity index (χ0n) is 18.9. The fraction of sp³-hybridized carbons (Fsp3) is 0.375. The molecule has 1 aliphatic rings. The number of carbonyl (C=O) groups is 1. The molecule has 0 saturated carbocycles. The first-order chi connectivity index (χ1) is 15.9. The highest BCUT2D eigenvalue weighted by Gasteiger charge is 2.30. The fourth-order valence-electron chi connectivity index (χ4n) is 3.97. The monoisotopic (exact) mass is 468 g/mol. The van der Waals surface area contributed by atoms with Crippen LogP contribution in [-0.2, 0) is 27.7 Å². The average Bonchev–Trinajstić information content (AvgIpc) is 3.26. The van der Waals surface area contributed by atoms with Crippen LogP contribution in [0.15, 0.2) is 57.9 Å². The summed E-state index contributed by atoms with van der Waals surface area (Å²) >= 11 is 0. The number of carbonyl (C=O) groups excluding carboxylic acids is 1. The van der Waals surface area contributed by atoms with Crippen molar-refractivity contribution in [1.82, 2.24) is 19.3 Å². The quantitative estimate of drug-likeness (QED) is 0.529. The second-order valence-electron chi connectivity index (χ2n) is 8.19. The molecule has 2 aromatic carbocycles. The molecule has 1 fully saturated rings. The van der Waals surface area contributed by atoms with Crippen molar-refractivity contribution >= 4 is 15.9 Å². The SMILES string of the molecule is CCCc1ccc(S(=O)(=O)N2CCN(C(=O)Cc3cccc(-c4noc(C)n4)c3)CC2)cc1. The molecule has 0 bridgehead atoms. The Morgan fingerprint density at radius 1 is 1.03 bits per heavy atom. The van der Waals surface area contributed by atoms with Gasteiger partial charge in [-0.1, -0.05) is 48.8 Å². The molecule has 0 unspecified atom stereocenters. The van der Waals surface area contributed by atoms with Crippen molar-refractivity contribution < 1.29 is 17.7 Å². The standard InChI is InChI=1S/C24H28N4O4S/c1-3-5-19-8-10-22(11-9-19)33(30,31)28-14-12-27(13-15-28)23(29)17-20-6-4-7-21(16-20)24-25-18(2)32-26-24/h4,6-11,16H,3,5,12-15,17H2,1-2H3. The van der Waals surface area contributed by atoms with E-state index in [0.29, 0.717) is 29.7 Å². The Morgan fingerprint density at radius 3 is 2.39 bits per heavy atom. The number of aryl methyl sites for hydroxylation is 2. The van der Waals surface area contributed by atoms with Gasteiger partial charge in [0.15, 0.2) is 0 Å². The van der Waals surface area contributed by atoms with Gasteiger partial charge < -0.3 is 9.42 Å². The van der Waals surface area contributed by atoms with E-state index in [1.165, 1.54) is 4.31 Å². The minimum Gasteiger partial charge on any atom is -0.340 e. The summed E-state index contributed by atoms with van der Waals surface area (Å²) in [5.74, 6) is 0.942. The van der Waals surface area contributed by atoms with Crippen LogP contribution >= 0.6 is 0 Å². The highest BCUT2D eigenvalue weighted by atomic mass is 32.2. The molecule has 174 valence electrons. The number of rotatable bonds is 7. The number of nitrogens with zero attached hydrogens (tertiary/aromatic N) is 4. The van der Waals surface area contributed by atoms with Gasteiger partial charge in [-0.15, -0.1) is 0 Å². The third-order valence-electron chi connectivity index (χ3n) is 5.76. The van der Waals surface area contributed by atoms with Crippen LogP contribution < -0.4 is 0 Å². The minimum absolute atomic E-state index is 0.0302. The summed E-state index contributed by atoms with van der Waals surface area (Å²) in [6, 6.07) is 14.6. The molecule has 1 aromatic heterocycles. The van der Waals surface area contributed by atoms with Crippen molar-refractivity contribution in [2.75, 3.05) is 26.2 Å². The van der Waals surface area contributed by atoms with Crippen molar-refractivity contribution in [3.8, 4) is 11.4 Å². The average molecular weight is 469 g/mol. The third-order valence-corrected chi connectivity index (χ3v) is 7.67. The van der Waals surface area contributed by atoms with Crippen LogP contribution in [0.5, 0.6) is 0 Å². The van der Waals surface area contributed by atoms with Gasteiger partial charge in [0.25, 0.3) is 0 Å². The first-order valence-electron chi connectivity index (χ1n) is 11.1. The number of aromatic nitrogens is 2. The van der Waals surface area contributed by atoms with Crippen LogP contribution in [0.3, 0.4) is 0 Å². The Morgan fingerprint density at radius 2 is 1.76 bits per heavy atom. The lowest BCUT2D eigenvalue weighted by molar-refractivity contribution is -0.131. The van der Waals surface area contributed by atoms with Gasteiger partial charge in [-0.25, -0.2) is 8.42 Å². The van der Waals surface area contributed by atoms with E-state index in [1.807, 2.05) is 36.4 Å². The predicted octanol–water partition coefficient (Wildman–Crippen LogP) is 3.07. The molecule has 0 atom stereocenters. The fourth-order valence-corrected chi connectivity index (χ4v) is 5.39. The summed E-state index contributed by atoms with van der Waals surface area (Å²) in [5.41, 5.74) is 2.77. The van der Waals surface area contributed by atoms with Crippen LogP contribution in [0.4, 0.5) is 0 Å². The van der Waals surface area contributed by atoms with Gasteiger partial charge in [0.05, 0.1) is 11.3 Å². The topological polar surface area (TPSA) is 96.6 Å². The molecule has 0 N–H and O–H groups in total. The molecule has 4 rings (SSSR count). The molecule has 1 amide bonds. The van der Waals surface area contributed by atoms with E-state index in [9.17, 15) is 13.2 Å². The molecule has 3 aromatic rings. The van der Waals surface area contributed by atoms with Crippen molar-refractivity contribution in [3.05, 3.63) is 65.5 Å². The van der Waals surface area contributed by atoms with E-state index in [0.717, 1.165) is 29.5 Å². The maximum absolute atomic E-state index is 13.0. The van der Waals surface area contributed by atoms with Gasteiger partial charge >= 0.3 is 0 Å². The molecule has 0 aliphatic carbocycles. The molecule has 0 radical (unpaired) electrons. The summed E-state index contributed by atoms with van der Waals surface area (Å²) in [6.07, 6.45) is 2.18. The summed E-state index contributed by atoms with van der Waals surface area (Å²) < 4.78 is 32.5. The number of hydrogen-bond acceptors (Lipinski definition) is 6. The minimum atomic E-state index is -3.56. The van der Waals surface area contributed by atoms with Crippen LogP contribution in [-0.4, -0.2) is 59.8 Å². The normalized spacial score (nSPS) is 15.0. The van der Waals surface area contributed by atoms with E-state index in [1.54, 1.807) is 24.0 Å². The zero-order valence-corrected chi connectivity index (χ0v) is 19.7. The van der Waals surface area contributed by atoms with E-state index in [-0.39, 0.29) is 25.4 Å². The number of amides is 1. The van der Waals surface area contributed by atoms with Gasteiger partial charge in [0, 0.05) is 38.7 Å². The van der Waals surface area contributed by atoms with Crippen LogP contribution in [0, 0.1) is 6.92 Å². The lowest BCUT2D eigenvalue weighted by atomic mass is 10.1. The number of benzene rings is 2. The maximum Gasteiger partial charge on any atom is 0.243 e.